The quantitative estimate of drug-likeness (QED) is 0.826. The van der Waals surface area contributed by atoms with Crippen molar-refractivity contribution in [2.45, 2.75) is 50.7 Å². The molecular formula is C12H16F3N3O4S. The van der Waals surface area contributed by atoms with Crippen molar-refractivity contribution < 1.29 is 31.5 Å². The number of carboxylic acid groups (broad SMARTS) is 1. The number of carbonyl (C=O) groups is 1. The number of alkyl halides is 3. The average Bonchev–Trinajstić information content (AvgIpc) is 2.90. The van der Waals surface area contributed by atoms with E-state index in [1.165, 1.54) is 4.09 Å². The molecule has 3 rings (SSSR count). The van der Waals surface area contributed by atoms with E-state index in [0.717, 1.165) is 36.3 Å². The number of hydrogen-bond donors (Lipinski definition) is 2. The first-order valence-electron chi connectivity index (χ1n) is 6.73. The summed E-state index contributed by atoms with van der Waals surface area (Å²) < 4.78 is 57.1. The summed E-state index contributed by atoms with van der Waals surface area (Å²) in [5.74, 6) is -2.76. The fourth-order valence-electron chi connectivity index (χ4n) is 2.12. The van der Waals surface area contributed by atoms with Crippen molar-refractivity contribution in [2.75, 3.05) is 0 Å². The van der Waals surface area contributed by atoms with Crippen LogP contribution in [0.25, 0.3) is 0 Å². The minimum atomic E-state index is -5.08. The van der Waals surface area contributed by atoms with Gasteiger partial charge in [0.1, 0.15) is 0 Å². The molecule has 1 fully saturated rings. The number of hydrogen-bond acceptors (Lipinski definition) is 5. The third-order valence-corrected chi connectivity index (χ3v) is 6.39. The van der Waals surface area contributed by atoms with Crippen LogP contribution in [0.4, 0.5) is 13.2 Å². The van der Waals surface area contributed by atoms with Crippen molar-refractivity contribution in [3.63, 3.8) is 0 Å². The Morgan fingerprint density at radius 3 is 2.26 bits per heavy atom. The minimum absolute atomic E-state index is 0.578. The van der Waals surface area contributed by atoms with E-state index in [2.05, 4.69) is 10.4 Å². The molecule has 0 spiro atoms. The monoisotopic (exact) mass is 355 g/mol. The fourth-order valence-corrected chi connectivity index (χ4v) is 3.84. The van der Waals surface area contributed by atoms with Gasteiger partial charge in [0.2, 0.25) is 0 Å². The van der Waals surface area contributed by atoms with Gasteiger partial charge in [-0.1, -0.05) is 0 Å². The molecule has 2 aliphatic rings. The number of fused-ring (bicyclic) bond motifs is 1. The molecule has 0 unspecified atom stereocenters. The third kappa shape index (κ3) is 3.20. The van der Waals surface area contributed by atoms with Crippen LogP contribution in [0, 0.1) is 6.92 Å². The average molecular weight is 355 g/mol. The van der Waals surface area contributed by atoms with Crippen LogP contribution in [0.2, 0.25) is 0 Å². The van der Waals surface area contributed by atoms with Gasteiger partial charge < -0.3 is 10.4 Å². The number of carboxylic acids is 1. The first-order chi connectivity index (χ1) is 10.4. The Labute approximate surface area is 130 Å². The summed E-state index contributed by atoms with van der Waals surface area (Å²) >= 11 is 0. The van der Waals surface area contributed by atoms with Crippen LogP contribution in [0.15, 0.2) is 0 Å². The van der Waals surface area contributed by atoms with Crippen molar-refractivity contribution in [2.24, 2.45) is 0 Å². The molecule has 1 aromatic rings. The molecule has 0 radical (unpaired) electrons. The lowest BCUT2D eigenvalue weighted by molar-refractivity contribution is -0.192. The zero-order valence-corrected chi connectivity index (χ0v) is 13.3. The first-order valence-corrected chi connectivity index (χ1v) is 8.17. The Balaban J connectivity index is 0.000000236. The Kier molecular flexibility index (Phi) is 4.22. The van der Waals surface area contributed by atoms with Gasteiger partial charge in [0.15, 0.2) is 0 Å². The maximum atomic E-state index is 12.3. The lowest BCUT2D eigenvalue weighted by atomic mass is 10.2. The van der Waals surface area contributed by atoms with Crippen molar-refractivity contribution in [1.82, 2.24) is 14.5 Å². The Hall–Kier alpha value is -1.62. The highest BCUT2D eigenvalue weighted by molar-refractivity contribution is 7.91. The van der Waals surface area contributed by atoms with Crippen molar-refractivity contribution >= 4 is 16.0 Å². The summed E-state index contributed by atoms with van der Waals surface area (Å²) in [5.41, 5.74) is 2.70. The van der Waals surface area contributed by atoms with Gasteiger partial charge in [-0.25, -0.2) is 13.2 Å². The van der Waals surface area contributed by atoms with Gasteiger partial charge in [0.25, 0.3) is 10.0 Å². The number of nitrogens with one attached hydrogen (secondary N) is 1. The van der Waals surface area contributed by atoms with Gasteiger partial charge in [-0.15, -0.1) is 0 Å². The summed E-state index contributed by atoms with van der Waals surface area (Å²) in [6.45, 7) is 5.04. The van der Waals surface area contributed by atoms with Crippen LogP contribution >= 0.6 is 0 Å². The predicted octanol–water partition coefficient (Wildman–Crippen LogP) is 1.16. The number of aromatic nitrogens is 2. The molecule has 11 heteroatoms. The van der Waals surface area contributed by atoms with Crippen LogP contribution in [-0.4, -0.2) is 39.6 Å². The van der Waals surface area contributed by atoms with Crippen molar-refractivity contribution in [3.05, 3.63) is 17.0 Å². The van der Waals surface area contributed by atoms with E-state index in [4.69, 9.17) is 9.90 Å². The summed E-state index contributed by atoms with van der Waals surface area (Å²) in [6.07, 6.45) is -3.59. The molecular weight excluding hydrogens is 339 g/mol. The van der Waals surface area contributed by atoms with Gasteiger partial charge >= 0.3 is 12.1 Å². The van der Waals surface area contributed by atoms with Gasteiger partial charge in [0, 0.05) is 18.7 Å². The largest absolute Gasteiger partial charge is 0.490 e. The van der Waals surface area contributed by atoms with E-state index in [-0.39, 0.29) is 0 Å². The summed E-state index contributed by atoms with van der Waals surface area (Å²) in [7, 11) is -3.30. The maximum absolute atomic E-state index is 12.3. The summed E-state index contributed by atoms with van der Waals surface area (Å²) in [6, 6.07) is 0. The van der Waals surface area contributed by atoms with Gasteiger partial charge in [-0.05, 0) is 26.7 Å². The lowest BCUT2D eigenvalue weighted by Crippen LogP contribution is -2.29. The van der Waals surface area contributed by atoms with E-state index in [9.17, 15) is 21.6 Å². The SMILES string of the molecule is Cc1c2c(nn1S(=O)(=O)C1(C)CC1)CNC2.O=C(O)C(F)(F)F. The van der Waals surface area contributed by atoms with Crippen LogP contribution in [0.3, 0.4) is 0 Å². The second kappa shape index (κ2) is 5.48. The third-order valence-electron chi connectivity index (χ3n) is 3.92. The molecule has 1 aliphatic heterocycles. The van der Waals surface area contributed by atoms with Crippen molar-refractivity contribution in [1.29, 1.82) is 0 Å². The second-order valence-electron chi connectivity index (χ2n) is 5.72. The van der Waals surface area contributed by atoms with Crippen LogP contribution in [-0.2, 0) is 27.9 Å². The van der Waals surface area contributed by atoms with E-state index in [0.29, 0.717) is 6.54 Å². The highest BCUT2D eigenvalue weighted by Crippen LogP contribution is 2.44. The molecule has 0 aromatic carbocycles. The van der Waals surface area contributed by atoms with Gasteiger partial charge in [0.05, 0.1) is 16.1 Å². The Morgan fingerprint density at radius 1 is 1.35 bits per heavy atom. The molecule has 23 heavy (non-hydrogen) atoms. The predicted molar refractivity (Wildman–Crippen MR) is 73.2 cm³/mol. The molecule has 2 heterocycles. The van der Waals surface area contributed by atoms with Crippen LogP contribution in [0.5, 0.6) is 0 Å². The highest BCUT2D eigenvalue weighted by atomic mass is 32.2. The van der Waals surface area contributed by atoms with Crippen molar-refractivity contribution in [3.8, 4) is 0 Å². The number of halogens is 3. The molecule has 0 amide bonds. The second-order valence-corrected chi connectivity index (χ2v) is 8.00. The Morgan fingerprint density at radius 2 is 1.87 bits per heavy atom. The molecule has 0 bridgehead atoms. The van der Waals surface area contributed by atoms with E-state index in [1.54, 1.807) is 6.92 Å². The molecule has 7 nitrogen and oxygen atoms in total. The number of aliphatic carboxylic acids is 1. The standard InChI is InChI=1S/C10H15N3O2S.C2HF3O2/c1-7-8-5-11-6-9(8)12-13(7)16(14,15)10(2)3-4-10;3-2(4,5)1(6)7/h11H,3-6H2,1-2H3;(H,6,7). The van der Waals surface area contributed by atoms with Crippen LogP contribution < -0.4 is 5.32 Å². The normalized spacial score (nSPS) is 18.8. The lowest BCUT2D eigenvalue weighted by Gasteiger charge is -2.12. The van der Waals surface area contributed by atoms with E-state index in [1.807, 2.05) is 6.92 Å². The maximum Gasteiger partial charge on any atom is 0.490 e. The smallest absolute Gasteiger partial charge is 0.475 e. The topological polar surface area (TPSA) is 101 Å². The zero-order valence-electron chi connectivity index (χ0n) is 12.4. The fraction of sp³-hybridized carbons (Fsp3) is 0.667. The molecule has 0 saturated heterocycles. The Bertz CT molecular complexity index is 735. The van der Waals surface area contributed by atoms with E-state index < -0.39 is 26.9 Å². The molecule has 1 aliphatic carbocycles. The molecule has 0 atom stereocenters. The molecule has 2 N–H and O–H groups in total. The summed E-state index contributed by atoms with van der Waals surface area (Å²) in [4.78, 5) is 8.90. The summed E-state index contributed by atoms with van der Waals surface area (Å²) in [5, 5.41) is 14.5. The zero-order chi connectivity index (χ0) is 17.6. The van der Waals surface area contributed by atoms with Gasteiger partial charge in [-0.3, -0.25) is 0 Å². The minimum Gasteiger partial charge on any atom is -0.475 e. The van der Waals surface area contributed by atoms with Gasteiger partial charge in [-0.2, -0.15) is 22.4 Å². The number of nitrogens with zero attached hydrogens (tertiary/aromatic N) is 2. The first kappa shape index (κ1) is 17.7. The number of rotatable bonds is 2. The van der Waals surface area contributed by atoms with E-state index >= 15 is 0 Å². The molecule has 130 valence electrons. The highest BCUT2D eigenvalue weighted by Gasteiger charge is 2.52. The van der Waals surface area contributed by atoms with Crippen LogP contribution in [0.1, 0.15) is 36.7 Å². The molecule has 1 saturated carbocycles. The molecule has 1 aromatic heterocycles.